The molecular formula is C17H28N4O2. The van der Waals surface area contributed by atoms with Crippen LogP contribution in [-0.4, -0.2) is 51.9 Å². The maximum Gasteiger partial charge on any atom is 0.222 e. The normalized spacial score (nSPS) is 23.8. The summed E-state index contributed by atoms with van der Waals surface area (Å²) in [6.45, 7) is 10.4. The van der Waals surface area contributed by atoms with E-state index in [-0.39, 0.29) is 17.2 Å². The third kappa shape index (κ3) is 3.13. The van der Waals surface area contributed by atoms with E-state index in [1.807, 2.05) is 18.2 Å². The van der Waals surface area contributed by atoms with Crippen LogP contribution in [0.5, 0.6) is 0 Å². The fourth-order valence-electron chi connectivity index (χ4n) is 4.09. The van der Waals surface area contributed by atoms with Crippen molar-refractivity contribution < 1.29 is 9.53 Å². The van der Waals surface area contributed by atoms with Gasteiger partial charge in [-0.2, -0.15) is 0 Å². The van der Waals surface area contributed by atoms with E-state index in [0.29, 0.717) is 12.3 Å². The lowest BCUT2D eigenvalue weighted by atomic mass is 9.71. The molecular weight excluding hydrogens is 292 g/mol. The summed E-state index contributed by atoms with van der Waals surface area (Å²) in [6, 6.07) is 0. The maximum atomic E-state index is 12.3. The Hall–Kier alpha value is -1.43. The SMILES string of the molecule is CCC(=O)N1CC(c2nncn2CC(C)C)C2(CCOCC2)C1. The lowest BCUT2D eigenvalue weighted by molar-refractivity contribution is -0.130. The van der Waals surface area contributed by atoms with Gasteiger partial charge in [-0.1, -0.05) is 20.8 Å². The topological polar surface area (TPSA) is 60.2 Å². The third-order valence-corrected chi connectivity index (χ3v) is 5.31. The van der Waals surface area contributed by atoms with E-state index in [2.05, 4.69) is 28.6 Å². The molecule has 1 unspecified atom stereocenters. The van der Waals surface area contributed by atoms with Gasteiger partial charge in [0.2, 0.25) is 5.91 Å². The molecule has 1 atom stereocenters. The highest BCUT2D eigenvalue weighted by atomic mass is 16.5. The van der Waals surface area contributed by atoms with E-state index in [4.69, 9.17) is 4.74 Å². The van der Waals surface area contributed by atoms with Crippen LogP contribution in [0.3, 0.4) is 0 Å². The number of hydrogen-bond donors (Lipinski definition) is 0. The summed E-state index contributed by atoms with van der Waals surface area (Å²) in [4.78, 5) is 14.3. The van der Waals surface area contributed by atoms with Gasteiger partial charge in [-0.15, -0.1) is 10.2 Å². The zero-order valence-electron chi connectivity index (χ0n) is 14.5. The Labute approximate surface area is 138 Å². The van der Waals surface area contributed by atoms with Crippen molar-refractivity contribution >= 4 is 5.91 Å². The molecule has 0 bridgehead atoms. The fraction of sp³-hybridized carbons (Fsp3) is 0.824. The summed E-state index contributed by atoms with van der Waals surface area (Å²) < 4.78 is 7.78. The molecule has 0 aromatic carbocycles. The molecule has 1 spiro atoms. The van der Waals surface area contributed by atoms with E-state index in [9.17, 15) is 4.79 Å². The summed E-state index contributed by atoms with van der Waals surface area (Å²) in [5.74, 6) is 2.11. The van der Waals surface area contributed by atoms with E-state index in [1.54, 1.807) is 0 Å². The molecule has 2 fully saturated rings. The first-order valence-electron chi connectivity index (χ1n) is 8.79. The molecule has 2 aliphatic heterocycles. The highest BCUT2D eigenvalue weighted by Gasteiger charge is 2.50. The molecule has 3 heterocycles. The first-order valence-corrected chi connectivity index (χ1v) is 8.79. The number of aromatic nitrogens is 3. The van der Waals surface area contributed by atoms with E-state index >= 15 is 0 Å². The molecule has 1 amide bonds. The zero-order chi connectivity index (χ0) is 16.4. The third-order valence-electron chi connectivity index (χ3n) is 5.31. The number of likely N-dealkylation sites (tertiary alicyclic amines) is 1. The monoisotopic (exact) mass is 320 g/mol. The van der Waals surface area contributed by atoms with Crippen LogP contribution in [-0.2, 0) is 16.1 Å². The van der Waals surface area contributed by atoms with E-state index in [0.717, 1.165) is 51.5 Å². The van der Waals surface area contributed by atoms with Crippen LogP contribution < -0.4 is 0 Å². The number of ether oxygens (including phenoxy) is 1. The maximum absolute atomic E-state index is 12.3. The van der Waals surface area contributed by atoms with Gasteiger partial charge in [0.15, 0.2) is 0 Å². The lowest BCUT2D eigenvalue weighted by Gasteiger charge is -2.37. The second-order valence-corrected chi connectivity index (χ2v) is 7.39. The number of hydrogen-bond acceptors (Lipinski definition) is 4. The first kappa shape index (κ1) is 16.4. The number of carbonyl (C=O) groups is 1. The number of carbonyl (C=O) groups excluding carboxylic acids is 1. The average Bonchev–Trinajstić information content (AvgIpc) is 3.11. The van der Waals surface area contributed by atoms with Crippen LogP contribution in [0, 0.1) is 11.3 Å². The summed E-state index contributed by atoms with van der Waals surface area (Å²) in [5.41, 5.74) is 0.102. The van der Waals surface area contributed by atoms with Crippen molar-refractivity contribution in [2.24, 2.45) is 11.3 Å². The van der Waals surface area contributed by atoms with Gasteiger partial charge in [-0.3, -0.25) is 4.79 Å². The second kappa shape index (κ2) is 6.59. The highest BCUT2D eigenvalue weighted by molar-refractivity contribution is 5.76. The molecule has 1 aromatic rings. The number of rotatable bonds is 4. The summed E-state index contributed by atoms with van der Waals surface area (Å²) in [6.07, 6.45) is 4.41. The predicted molar refractivity (Wildman–Crippen MR) is 87.0 cm³/mol. The molecule has 6 nitrogen and oxygen atoms in total. The Morgan fingerprint density at radius 1 is 1.43 bits per heavy atom. The molecule has 128 valence electrons. The Kier molecular flexibility index (Phi) is 4.71. The van der Waals surface area contributed by atoms with Crippen LogP contribution in [0.2, 0.25) is 0 Å². The van der Waals surface area contributed by atoms with Crippen LogP contribution >= 0.6 is 0 Å². The van der Waals surface area contributed by atoms with Crippen molar-refractivity contribution in [2.75, 3.05) is 26.3 Å². The van der Waals surface area contributed by atoms with Crippen molar-refractivity contribution in [3.05, 3.63) is 12.2 Å². The molecule has 6 heteroatoms. The van der Waals surface area contributed by atoms with Gasteiger partial charge in [0.05, 0.1) is 0 Å². The Balaban J connectivity index is 1.91. The number of nitrogens with zero attached hydrogens (tertiary/aromatic N) is 4. The van der Waals surface area contributed by atoms with Crippen LogP contribution in [0.15, 0.2) is 6.33 Å². The summed E-state index contributed by atoms with van der Waals surface area (Å²) >= 11 is 0. The predicted octanol–water partition coefficient (Wildman–Crippen LogP) is 2.07. The van der Waals surface area contributed by atoms with Crippen LogP contribution in [0.4, 0.5) is 0 Å². The second-order valence-electron chi connectivity index (χ2n) is 7.39. The smallest absolute Gasteiger partial charge is 0.222 e. The van der Waals surface area contributed by atoms with E-state index < -0.39 is 0 Å². The standard InChI is InChI=1S/C17H28N4O2/c1-4-15(22)20-10-14(17(11-20)5-7-23-8-6-17)16-19-18-12-21(16)9-13(2)3/h12-14H,4-11H2,1-3H3. The van der Waals surface area contributed by atoms with Gasteiger partial charge in [-0.25, -0.2) is 0 Å². The molecule has 1 aromatic heterocycles. The zero-order valence-corrected chi connectivity index (χ0v) is 14.5. The highest BCUT2D eigenvalue weighted by Crippen LogP contribution is 2.49. The largest absolute Gasteiger partial charge is 0.381 e. The minimum Gasteiger partial charge on any atom is -0.381 e. The van der Waals surface area contributed by atoms with Crippen molar-refractivity contribution in [1.82, 2.24) is 19.7 Å². The molecule has 23 heavy (non-hydrogen) atoms. The van der Waals surface area contributed by atoms with Gasteiger partial charge in [0.25, 0.3) is 0 Å². The van der Waals surface area contributed by atoms with Crippen molar-refractivity contribution in [1.29, 1.82) is 0 Å². The Morgan fingerprint density at radius 2 is 2.17 bits per heavy atom. The number of amides is 1. The molecule has 0 aliphatic carbocycles. The molecule has 0 saturated carbocycles. The minimum absolute atomic E-state index is 0.102. The van der Waals surface area contributed by atoms with E-state index in [1.165, 1.54) is 0 Å². The van der Waals surface area contributed by atoms with Gasteiger partial charge < -0.3 is 14.2 Å². The first-order chi connectivity index (χ1) is 11.1. The van der Waals surface area contributed by atoms with Crippen LogP contribution in [0.1, 0.15) is 51.8 Å². The molecule has 0 radical (unpaired) electrons. The molecule has 0 N–H and O–H groups in total. The quantitative estimate of drug-likeness (QED) is 0.852. The summed E-state index contributed by atoms with van der Waals surface area (Å²) in [7, 11) is 0. The van der Waals surface area contributed by atoms with Gasteiger partial charge in [-0.05, 0) is 18.8 Å². The average molecular weight is 320 g/mol. The fourth-order valence-corrected chi connectivity index (χ4v) is 4.09. The van der Waals surface area contributed by atoms with Crippen molar-refractivity contribution in [3.8, 4) is 0 Å². The molecule has 2 saturated heterocycles. The van der Waals surface area contributed by atoms with Crippen molar-refractivity contribution in [2.45, 2.75) is 52.5 Å². The molecule has 3 rings (SSSR count). The Morgan fingerprint density at radius 3 is 2.83 bits per heavy atom. The van der Waals surface area contributed by atoms with Gasteiger partial charge in [0, 0.05) is 50.6 Å². The minimum atomic E-state index is 0.102. The van der Waals surface area contributed by atoms with Gasteiger partial charge >= 0.3 is 0 Å². The summed E-state index contributed by atoms with van der Waals surface area (Å²) in [5, 5.41) is 8.62. The Bertz CT molecular complexity index is 549. The molecule has 2 aliphatic rings. The van der Waals surface area contributed by atoms with Crippen LogP contribution in [0.25, 0.3) is 0 Å². The van der Waals surface area contributed by atoms with Crippen molar-refractivity contribution in [3.63, 3.8) is 0 Å². The van der Waals surface area contributed by atoms with Gasteiger partial charge in [0.1, 0.15) is 12.2 Å². The lowest BCUT2D eigenvalue weighted by Crippen LogP contribution is -2.37.